The van der Waals surface area contributed by atoms with Crippen molar-refractivity contribution in [3.8, 4) is 17.0 Å². The molecule has 1 aromatic heterocycles. The summed E-state index contributed by atoms with van der Waals surface area (Å²) in [7, 11) is 0. The van der Waals surface area contributed by atoms with Crippen LogP contribution in [0.15, 0.2) is 30.3 Å². The summed E-state index contributed by atoms with van der Waals surface area (Å²) in [6, 6.07) is 9.42. The number of nitrogen functional groups attached to an aromatic ring is 1. The SMILES string of the molecule is Cc1ccc(N)cc1-c1cc(Cl)nc(OCC2COC(C)(C)O2)c1. The van der Waals surface area contributed by atoms with Gasteiger partial charge in [-0.05, 0) is 55.7 Å². The number of aryl methyl sites for hydroxylation is 1. The molecule has 0 amide bonds. The van der Waals surface area contributed by atoms with Gasteiger partial charge in [-0.25, -0.2) is 4.98 Å². The lowest BCUT2D eigenvalue weighted by molar-refractivity contribution is -0.141. The molecule has 0 bridgehead atoms. The average molecular weight is 349 g/mol. The van der Waals surface area contributed by atoms with Crippen LogP contribution in [0, 0.1) is 6.92 Å². The smallest absolute Gasteiger partial charge is 0.215 e. The van der Waals surface area contributed by atoms with Crippen LogP contribution in [0.1, 0.15) is 19.4 Å². The Kier molecular flexibility index (Phi) is 4.67. The van der Waals surface area contributed by atoms with Crippen LogP contribution < -0.4 is 10.5 Å². The number of benzene rings is 1. The molecular formula is C18H21ClN2O3. The molecule has 1 atom stereocenters. The minimum atomic E-state index is -0.570. The van der Waals surface area contributed by atoms with E-state index < -0.39 is 5.79 Å². The summed E-state index contributed by atoms with van der Waals surface area (Å²) in [5.74, 6) is -0.118. The first kappa shape index (κ1) is 17.0. The van der Waals surface area contributed by atoms with E-state index in [1.54, 1.807) is 6.07 Å². The number of halogens is 1. The minimum Gasteiger partial charge on any atom is -0.475 e. The van der Waals surface area contributed by atoms with Gasteiger partial charge in [0.2, 0.25) is 5.88 Å². The van der Waals surface area contributed by atoms with Gasteiger partial charge in [-0.15, -0.1) is 0 Å². The van der Waals surface area contributed by atoms with Crippen molar-refractivity contribution in [3.05, 3.63) is 41.0 Å². The zero-order valence-electron chi connectivity index (χ0n) is 14.0. The van der Waals surface area contributed by atoms with Crippen molar-refractivity contribution >= 4 is 17.3 Å². The van der Waals surface area contributed by atoms with Crippen molar-refractivity contribution in [3.63, 3.8) is 0 Å². The Hall–Kier alpha value is -1.82. The van der Waals surface area contributed by atoms with Crippen molar-refractivity contribution in [2.45, 2.75) is 32.7 Å². The molecule has 3 rings (SSSR count). The van der Waals surface area contributed by atoms with Crippen LogP contribution in [0.4, 0.5) is 5.69 Å². The largest absolute Gasteiger partial charge is 0.475 e. The number of rotatable bonds is 4. The summed E-state index contributed by atoms with van der Waals surface area (Å²) in [5, 5.41) is 0.369. The summed E-state index contributed by atoms with van der Waals surface area (Å²) in [4.78, 5) is 4.22. The molecule has 2 N–H and O–H groups in total. The third-order valence-electron chi connectivity index (χ3n) is 3.83. The van der Waals surface area contributed by atoms with Gasteiger partial charge in [0, 0.05) is 11.8 Å². The van der Waals surface area contributed by atoms with Crippen LogP contribution in [0.2, 0.25) is 5.15 Å². The highest BCUT2D eigenvalue weighted by molar-refractivity contribution is 6.29. The Balaban J connectivity index is 1.78. The molecule has 1 saturated heterocycles. The third kappa shape index (κ3) is 3.98. The molecule has 0 spiro atoms. The molecule has 6 heteroatoms. The topological polar surface area (TPSA) is 66.6 Å². The molecule has 0 aliphatic carbocycles. The molecule has 0 radical (unpaired) electrons. The van der Waals surface area contributed by atoms with Crippen LogP contribution >= 0.6 is 11.6 Å². The Morgan fingerprint density at radius 2 is 2.12 bits per heavy atom. The maximum Gasteiger partial charge on any atom is 0.215 e. The van der Waals surface area contributed by atoms with Gasteiger partial charge in [0.15, 0.2) is 5.79 Å². The van der Waals surface area contributed by atoms with Crippen LogP contribution in [0.3, 0.4) is 0 Å². The highest BCUT2D eigenvalue weighted by Crippen LogP contribution is 2.30. The van der Waals surface area contributed by atoms with Crippen molar-refractivity contribution in [2.75, 3.05) is 18.9 Å². The highest BCUT2D eigenvalue weighted by atomic mass is 35.5. The van der Waals surface area contributed by atoms with E-state index in [1.807, 2.05) is 45.0 Å². The van der Waals surface area contributed by atoms with Gasteiger partial charge in [-0.1, -0.05) is 17.7 Å². The lowest BCUT2D eigenvalue weighted by Crippen LogP contribution is -2.25. The van der Waals surface area contributed by atoms with Crippen LogP contribution in [0.5, 0.6) is 5.88 Å². The fourth-order valence-electron chi connectivity index (χ4n) is 2.68. The molecule has 2 aromatic rings. The number of hydrogen-bond acceptors (Lipinski definition) is 5. The number of pyridine rings is 1. The summed E-state index contributed by atoms with van der Waals surface area (Å²) in [6.45, 7) is 6.63. The van der Waals surface area contributed by atoms with Crippen molar-refractivity contribution in [1.82, 2.24) is 4.98 Å². The fraction of sp³-hybridized carbons (Fsp3) is 0.389. The first-order valence-electron chi connectivity index (χ1n) is 7.81. The first-order valence-corrected chi connectivity index (χ1v) is 8.19. The Morgan fingerprint density at radius 3 is 2.83 bits per heavy atom. The van der Waals surface area contributed by atoms with Gasteiger partial charge in [-0.3, -0.25) is 0 Å². The van der Waals surface area contributed by atoms with Gasteiger partial charge in [0.1, 0.15) is 17.9 Å². The fourth-order valence-corrected chi connectivity index (χ4v) is 2.88. The van der Waals surface area contributed by atoms with E-state index in [-0.39, 0.29) is 6.10 Å². The second kappa shape index (κ2) is 6.59. The molecule has 1 aliphatic heterocycles. The second-order valence-corrected chi connectivity index (χ2v) is 6.74. The maximum atomic E-state index is 6.15. The molecule has 24 heavy (non-hydrogen) atoms. The van der Waals surface area contributed by atoms with Gasteiger partial charge in [-0.2, -0.15) is 0 Å². The minimum absolute atomic E-state index is 0.127. The molecule has 0 saturated carbocycles. The lowest BCUT2D eigenvalue weighted by Gasteiger charge is -2.17. The molecule has 1 aliphatic rings. The number of anilines is 1. The highest BCUT2D eigenvalue weighted by Gasteiger charge is 2.33. The Labute approximate surface area is 146 Å². The molecule has 2 heterocycles. The quantitative estimate of drug-likeness (QED) is 0.672. The van der Waals surface area contributed by atoms with Gasteiger partial charge in [0.05, 0.1) is 6.61 Å². The van der Waals surface area contributed by atoms with Crippen molar-refractivity contribution in [2.24, 2.45) is 0 Å². The van der Waals surface area contributed by atoms with E-state index in [0.717, 1.165) is 16.7 Å². The van der Waals surface area contributed by atoms with E-state index >= 15 is 0 Å². The number of nitrogens with zero attached hydrogens (tertiary/aromatic N) is 1. The summed E-state index contributed by atoms with van der Waals surface area (Å²) in [6.07, 6.45) is -0.127. The zero-order chi connectivity index (χ0) is 17.3. The van der Waals surface area contributed by atoms with Crippen LogP contribution in [-0.2, 0) is 9.47 Å². The number of hydrogen-bond donors (Lipinski definition) is 1. The average Bonchev–Trinajstić information content (AvgIpc) is 2.86. The molecular weight excluding hydrogens is 328 g/mol. The van der Waals surface area contributed by atoms with E-state index in [0.29, 0.717) is 29.9 Å². The van der Waals surface area contributed by atoms with Crippen LogP contribution in [0.25, 0.3) is 11.1 Å². The van der Waals surface area contributed by atoms with E-state index in [4.69, 9.17) is 31.5 Å². The van der Waals surface area contributed by atoms with Gasteiger partial charge < -0.3 is 19.9 Å². The zero-order valence-corrected chi connectivity index (χ0v) is 14.8. The second-order valence-electron chi connectivity index (χ2n) is 6.35. The molecule has 1 unspecified atom stereocenters. The molecule has 128 valence electrons. The standard InChI is InChI=1S/C18H21ClN2O3/c1-11-4-5-13(20)8-15(11)12-6-16(19)21-17(7-12)22-9-14-10-23-18(2,3)24-14/h4-8,14H,9-10,20H2,1-3H3. The predicted molar refractivity (Wildman–Crippen MR) is 94.2 cm³/mol. The number of ether oxygens (including phenoxy) is 3. The Bertz CT molecular complexity index is 749. The van der Waals surface area contributed by atoms with Crippen LogP contribution in [-0.4, -0.2) is 30.1 Å². The van der Waals surface area contributed by atoms with E-state index in [2.05, 4.69) is 4.98 Å². The van der Waals surface area contributed by atoms with Gasteiger partial charge >= 0.3 is 0 Å². The van der Waals surface area contributed by atoms with Crippen molar-refractivity contribution < 1.29 is 14.2 Å². The predicted octanol–water partition coefficient (Wildman–Crippen LogP) is 3.82. The van der Waals surface area contributed by atoms with E-state index in [1.165, 1.54) is 0 Å². The monoisotopic (exact) mass is 348 g/mol. The first-order chi connectivity index (χ1) is 11.3. The lowest BCUT2D eigenvalue weighted by atomic mass is 10.0. The molecule has 1 aromatic carbocycles. The van der Waals surface area contributed by atoms with Crippen molar-refractivity contribution in [1.29, 1.82) is 0 Å². The maximum absolute atomic E-state index is 6.15. The summed E-state index contributed by atoms with van der Waals surface area (Å²) in [5.41, 5.74) is 9.62. The van der Waals surface area contributed by atoms with E-state index in [9.17, 15) is 0 Å². The molecule has 5 nitrogen and oxygen atoms in total. The Morgan fingerprint density at radius 1 is 1.33 bits per heavy atom. The number of nitrogens with two attached hydrogens (primary N) is 1. The number of aromatic nitrogens is 1. The molecule has 1 fully saturated rings. The summed E-state index contributed by atoms with van der Waals surface area (Å²) < 4.78 is 17.0. The summed E-state index contributed by atoms with van der Waals surface area (Å²) >= 11 is 6.15. The third-order valence-corrected chi connectivity index (χ3v) is 4.02. The normalized spacial score (nSPS) is 19.4. The van der Waals surface area contributed by atoms with Gasteiger partial charge in [0.25, 0.3) is 0 Å².